The molecule has 0 aromatic heterocycles. The van der Waals surface area contributed by atoms with Crippen LogP contribution >= 0.6 is 0 Å². The fourth-order valence-electron chi connectivity index (χ4n) is 0.412. The number of hydrogen-bond donors (Lipinski definition) is 1. The van der Waals surface area contributed by atoms with Crippen LogP contribution in [0, 0.1) is 5.92 Å². The van der Waals surface area contributed by atoms with Gasteiger partial charge in [-0.1, -0.05) is 13.8 Å². The molecule has 1 aliphatic heterocycles. The molecular weight excluding hydrogens is 144 g/mol. The Balaban J connectivity index is 0.000000271. The summed E-state index contributed by atoms with van der Waals surface area (Å²) in [6, 6.07) is 0. The molecule has 11 heavy (non-hydrogen) atoms. The molecular formula is C8H16O3. The van der Waals surface area contributed by atoms with Crippen molar-refractivity contribution in [2.45, 2.75) is 26.7 Å². The first-order valence-electron chi connectivity index (χ1n) is 3.92. The third kappa shape index (κ3) is 17.7. The van der Waals surface area contributed by atoms with Crippen LogP contribution in [0.25, 0.3) is 0 Å². The van der Waals surface area contributed by atoms with Crippen molar-refractivity contribution in [1.82, 2.24) is 0 Å². The van der Waals surface area contributed by atoms with Gasteiger partial charge in [-0.05, 0) is 12.3 Å². The number of rotatable bonds is 3. The Morgan fingerprint density at radius 1 is 1.55 bits per heavy atom. The van der Waals surface area contributed by atoms with Gasteiger partial charge in [-0.2, -0.15) is 0 Å². The van der Waals surface area contributed by atoms with Gasteiger partial charge in [-0.15, -0.1) is 0 Å². The maximum atomic E-state index is 9.90. The molecule has 66 valence electrons. The van der Waals surface area contributed by atoms with E-state index in [4.69, 9.17) is 5.11 Å². The van der Waals surface area contributed by atoms with Gasteiger partial charge < -0.3 is 9.84 Å². The highest BCUT2D eigenvalue weighted by Crippen LogP contribution is 2.01. The van der Waals surface area contributed by atoms with Crippen molar-refractivity contribution in [3.8, 4) is 0 Å². The highest BCUT2D eigenvalue weighted by Gasteiger charge is 1.97. The molecule has 1 fully saturated rings. The minimum Gasteiger partial charge on any atom is -0.481 e. The van der Waals surface area contributed by atoms with E-state index < -0.39 is 5.97 Å². The molecule has 0 unspecified atom stereocenters. The zero-order valence-electron chi connectivity index (χ0n) is 7.17. The lowest BCUT2D eigenvalue weighted by atomic mass is 10.1. The van der Waals surface area contributed by atoms with Crippen molar-refractivity contribution >= 4 is 5.97 Å². The van der Waals surface area contributed by atoms with Gasteiger partial charge in [0.25, 0.3) is 0 Å². The Kier molecular flexibility index (Phi) is 5.84. The van der Waals surface area contributed by atoms with Gasteiger partial charge in [0.1, 0.15) is 0 Å². The maximum absolute atomic E-state index is 9.90. The van der Waals surface area contributed by atoms with Gasteiger partial charge in [-0.25, -0.2) is 0 Å². The Labute approximate surface area is 67.4 Å². The highest BCUT2D eigenvalue weighted by molar-refractivity contribution is 5.66. The molecule has 1 heterocycles. The lowest BCUT2D eigenvalue weighted by Gasteiger charge is -1.97. The first-order chi connectivity index (χ1) is 5.13. The van der Waals surface area contributed by atoms with E-state index >= 15 is 0 Å². The monoisotopic (exact) mass is 160 g/mol. The lowest BCUT2D eigenvalue weighted by molar-refractivity contribution is -0.137. The van der Waals surface area contributed by atoms with Gasteiger partial charge in [0.2, 0.25) is 0 Å². The summed E-state index contributed by atoms with van der Waals surface area (Å²) in [4.78, 5) is 9.90. The predicted molar refractivity (Wildman–Crippen MR) is 42.5 cm³/mol. The molecule has 1 rings (SSSR count). The zero-order valence-corrected chi connectivity index (χ0v) is 7.17. The number of epoxide rings is 1. The molecule has 0 saturated carbocycles. The van der Waals surface area contributed by atoms with E-state index in [1.165, 1.54) is 0 Å². The summed E-state index contributed by atoms with van der Waals surface area (Å²) in [5.74, 6) is -0.190. The Morgan fingerprint density at radius 2 is 2.00 bits per heavy atom. The number of carboxylic acids is 1. The molecule has 0 aromatic rings. The van der Waals surface area contributed by atoms with Crippen molar-refractivity contribution in [3.63, 3.8) is 0 Å². The molecule has 3 nitrogen and oxygen atoms in total. The third-order valence-electron chi connectivity index (χ3n) is 1.14. The second kappa shape index (κ2) is 6.16. The van der Waals surface area contributed by atoms with E-state index in [1.807, 2.05) is 13.8 Å². The normalized spacial score (nSPS) is 13.7. The van der Waals surface area contributed by atoms with Gasteiger partial charge >= 0.3 is 5.97 Å². The van der Waals surface area contributed by atoms with E-state index in [-0.39, 0.29) is 0 Å². The average molecular weight is 160 g/mol. The molecule has 0 bridgehead atoms. The van der Waals surface area contributed by atoms with Crippen LogP contribution < -0.4 is 0 Å². The summed E-state index contributed by atoms with van der Waals surface area (Å²) in [5, 5.41) is 8.16. The van der Waals surface area contributed by atoms with E-state index in [2.05, 4.69) is 4.74 Å². The second-order valence-electron chi connectivity index (χ2n) is 2.94. The molecule has 1 N–H and O–H groups in total. The van der Waals surface area contributed by atoms with Crippen LogP contribution in [0.1, 0.15) is 26.7 Å². The van der Waals surface area contributed by atoms with Crippen LogP contribution in [0.4, 0.5) is 0 Å². The third-order valence-corrected chi connectivity index (χ3v) is 1.14. The number of aliphatic carboxylic acids is 1. The maximum Gasteiger partial charge on any atom is 0.303 e. The Hall–Kier alpha value is -0.570. The Bertz CT molecular complexity index is 105. The smallest absolute Gasteiger partial charge is 0.303 e. The van der Waals surface area contributed by atoms with Gasteiger partial charge in [0.15, 0.2) is 0 Å². The predicted octanol–water partition coefficient (Wildman–Crippen LogP) is 1.52. The van der Waals surface area contributed by atoms with E-state index in [0.29, 0.717) is 12.3 Å². The molecule has 1 saturated heterocycles. The number of carboxylic acid groups (broad SMARTS) is 1. The quantitative estimate of drug-likeness (QED) is 0.637. The summed E-state index contributed by atoms with van der Waals surface area (Å²) in [7, 11) is 0. The number of ether oxygens (including phenoxy) is 1. The summed E-state index contributed by atoms with van der Waals surface area (Å²) in [5.41, 5.74) is 0. The number of hydrogen-bond acceptors (Lipinski definition) is 2. The van der Waals surface area contributed by atoms with Crippen LogP contribution in [0.2, 0.25) is 0 Å². The van der Waals surface area contributed by atoms with Crippen molar-refractivity contribution in [3.05, 3.63) is 0 Å². The average Bonchev–Trinajstić information content (AvgIpc) is 2.67. The first-order valence-corrected chi connectivity index (χ1v) is 3.92. The van der Waals surface area contributed by atoms with Crippen LogP contribution in [0.5, 0.6) is 0 Å². The van der Waals surface area contributed by atoms with Gasteiger partial charge in [-0.3, -0.25) is 4.79 Å². The summed E-state index contributed by atoms with van der Waals surface area (Å²) < 4.78 is 4.50. The molecule has 0 amide bonds. The van der Waals surface area contributed by atoms with Crippen molar-refractivity contribution in [2.75, 3.05) is 13.2 Å². The molecule has 0 atom stereocenters. The largest absolute Gasteiger partial charge is 0.481 e. The van der Waals surface area contributed by atoms with Crippen LogP contribution in [0.3, 0.4) is 0 Å². The Morgan fingerprint density at radius 3 is 2.09 bits per heavy atom. The molecule has 0 radical (unpaired) electrons. The SMILES string of the molecule is C1CO1.CC(C)CCC(=O)O. The van der Waals surface area contributed by atoms with Crippen molar-refractivity contribution in [1.29, 1.82) is 0 Å². The first kappa shape index (κ1) is 10.4. The molecule has 0 spiro atoms. The van der Waals surface area contributed by atoms with E-state index in [1.54, 1.807) is 0 Å². The fourth-order valence-corrected chi connectivity index (χ4v) is 0.412. The van der Waals surface area contributed by atoms with Crippen LogP contribution in [-0.4, -0.2) is 24.3 Å². The minimum absolute atomic E-state index is 0.303. The molecule has 0 aromatic carbocycles. The summed E-state index contributed by atoms with van der Waals surface area (Å²) in [6.07, 6.45) is 1.09. The molecule has 3 heteroatoms. The van der Waals surface area contributed by atoms with Crippen molar-refractivity contribution in [2.24, 2.45) is 5.92 Å². The van der Waals surface area contributed by atoms with Gasteiger partial charge in [0.05, 0.1) is 13.2 Å². The molecule has 1 aliphatic rings. The van der Waals surface area contributed by atoms with Crippen LogP contribution in [-0.2, 0) is 9.53 Å². The highest BCUT2D eigenvalue weighted by atomic mass is 16.6. The van der Waals surface area contributed by atoms with E-state index in [9.17, 15) is 4.79 Å². The summed E-state index contributed by atoms with van der Waals surface area (Å²) in [6.45, 7) is 6.03. The minimum atomic E-state index is -0.696. The number of carbonyl (C=O) groups is 1. The molecule has 0 aliphatic carbocycles. The lowest BCUT2D eigenvalue weighted by Crippen LogP contribution is -1.97. The van der Waals surface area contributed by atoms with Crippen LogP contribution in [0.15, 0.2) is 0 Å². The van der Waals surface area contributed by atoms with Crippen molar-refractivity contribution < 1.29 is 14.6 Å². The standard InChI is InChI=1S/C6H12O2.C2H4O/c1-5(2)3-4-6(7)8;1-2-3-1/h5H,3-4H2,1-2H3,(H,7,8);1-2H2. The zero-order chi connectivity index (χ0) is 8.69. The summed E-state index contributed by atoms with van der Waals surface area (Å²) >= 11 is 0. The second-order valence-corrected chi connectivity index (χ2v) is 2.94. The van der Waals surface area contributed by atoms with Gasteiger partial charge in [0, 0.05) is 6.42 Å². The topological polar surface area (TPSA) is 49.8 Å². The fraction of sp³-hybridized carbons (Fsp3) is 0.875. The van der Waals surface area contributed by atoms with E-state index in [0.717, 1.165) is 19.6 Å².